The van der Waals surface area contributed by atoms with E-state index in [1.165, 1.54) is 6.08 Å². The highest BCUT2D eigenvalue weighted by molar-refractivity contribution is 7.89. The first kappa shape index (κ1) is 27.8. The number of para-hydroxylation sites is 1. The molecule has 208 valence electrons. The molecule has 0 saturated carbocycles. The van der Waals surface area contributed by atoms with Gasteiger partial charge in [-0.05, 0) is 61.9 Å². The molecule has 1 atom stereocenters. The Labute approximate surface area is 235 Å². The van der Waals surface area contributed by atoms with Crippen LogP contribution in [0.15, 0.2) is 71.3 Å². The number of sulfonamides is 1. The van der Waals surface area contributed by atoms with Gasteiger partial charge in [0, 0.05) is 43.6 Å². The smallest absolute Gasteiger partial charge is 0.262 e. The topological polar surface area (TPSA) is 117 Å². The molecule has 0 bridgehead atoms. The number of aromatic nitrogens is 2. The van der Waals surface area contributed by atoms with E-state index in [1.54, 1.807) is 39.4 Å². The first-order valence-electron chi connectivity index (χ1n) is 13.6. The van der Waals surface area contributed by atoms with E-state index >= 15 is 0 Å². The summed E-state index contributed by atoms with van der Waals surface area (Å²) >= 11 is 0. The molecule has 10 heteroatoms. The summed E-state index contributed by atoms with van der Waals surface area (Å²) in [5, 5.41) is 17.4. The van der Waals surface area contributed by atoms with Crippen LogP contribution in [0.4, 0.5) is 0 Å². The van der Waals surface area contributed by atoms with E-state index in [2.05, 4.69) is 12.2 Å². The minimum Gasteiger partial charge on any atom is -0.376 e. The number of hydrogen-bond acceptors (Lipinski definition) is 6. The number of amides is 1. The predicted octanol–water partition coefficient (Wildman–Crippen LogP) is 4.16. The third kappa shape index (κ3) is 6.17. The van der Waals surface area contributed by atoms with Crippen LogP contribution in [-0.2, 0) is 19.6 Å². The molecule has 2 aliphatic heterocycles. The second-order valence-corrected chi connectivity index (χ2v) is 12.3. The summed E-state index contributed by atoms with van der Waals surface area (Å²) < 4.78 is 35.7. The fraction of sp³-hybridized carbons (Fsp3) is 0.367. The van der Waals surface area contributed by atoms with Crippen LogP contribution in [0.3, 0.4) is 0 Å². The van der Waals surface area contributed by atoms with Gasteiger partial charge in [-0.15, -0.1) is 0 Å². The molecule has 3 heterocycles. The molecular weight excluding hydrogens is 526 g/mol. The lowest BCUT2D eigenvalue weighted by atomic mass is 10.0. The third-order valence-corrected chi connectivity index (χ3v) is 9.32. The van der Waals surface area contributed by atoms with Crippen molar-refractivity contribution in [1.82, 2.24) is 19.4 Å². The lowest BCUT2D eigenvalue weighted by molar-refractivity contribution is -0.117. The van der Waals surface area contributed by atoms with Gasteiger partial charge in [0.15, 0.2) is 0 Å². The minimum absolute atomic E-state index is 0.0481. The lowest BCUT2D eigenvalue weighted by Gasteiger charge is -2.29. The second kappa shape index (κ2) is 12.2. The van der Waals surface area contributed by atoms with Crippen molar-refractivity contribution in [1.29, 1.82) is 5.26 Å². The Morgan fingerprint density at radius 3 is 2.62 bits per heavy atom. The largest absolute Gasteiger partial charge is 0.376 e. The molecule has 2 fully saturated rings. The number of nitriles is 1. The van der Waals surface area contributed by atoms with Gasteiger partial charge < -0.3 is 10.1 Å². The fourth-order valence-corrected chi connectivity index (χ4v) is 6.54. The van der Waals surface area contributed by atoms with E-state index in [0.717, 1.165) is 31.4 Å². The molecule has 0 aliphatic carbocycles. The van der Waals surface area contributed by atoms with Crippen LogP contribution in [0.25, 0.3) is 23.0 Å². The molecule has 1 amide bonds. The molecule has 1 unspecified atom stereocenters. The highest BCUT2D eigenvalue weighted by atomic mass is 32.2. The fourth-order valence-electron chi connectivity index (χ4n) is 5.02. The molecular formula is C30H33N5O4S. The summed E-state index contributed by atoms with van der Waals surface area (Å²) in [6, 6.07) is 18.2. The van der Waals surface area contributed by atoms with E-state index in [-0.39, 0.29) is 16.6 Å². The first-order chi connectivity index (χ1) is 19.3. The Morgan fingerprint density at radius 2 is 1.93 bits per heavy atom. The van der Waals surface area contributed by atoms with Crippen LogP contribution >= 0.6 is 0 Å². The van der Waals surface area contributed by atoms with Gasteiger partial charge in [-0.1, -0.05) is 37.3 Å². The van der Waals surface area contributed by atoms with Crippen LogP contribution in [0, 0.1) is 17.2 Å². The summed E-state index contributed by atoms with van der Waals surface area (Å²) in [6.45, 7) is 4.15. The SMILES string of the molecule is CC1CCN(S(=O)(=O)c2cccc(-c3nn(-c4ccccc4)cc3/C=C(\C#N)C(=O)NCC3CCCO3)c2)CC1. The standard InChI is InChI=1S/C30H33N5O4S/c1-22-12-14-34(15-13-22)40(37,38)28-11-5-7-23(18-28)29-25(21-35(33-29)26-8-3-2-4-9-26)17-24(19-31)30(36)32-20-27-10-6-16-39-27/h2-5,7-9,11,17-18,21-22,27H,6,10,12-16,20H2,1H3,(H,32,36)/b24-17+. The van der Waals surface area contributed by atoms with Crippen molar-refractivity contribution >= 4 is 22.0 Å². The first-order valence-corrected chi connectivity index (χ1v) is 15.1. The average molecular weight is 560 g/mol. The van der Waals surface area contributed by atoms with Crippen LogP contribution in [-0.4, -0.2) is 60.8 Å². The lowest BCUT2D eigenvalue weighted by Crippen LogP contribution is -2.37. The summed E-state index contributed by atoms with van der Waals surface area (Å²) in [5.41, 5.74) is 2.28. The number of benzene rings is 2. The summed E-state index contributed by atoms with van der Waals surface area (Å²) in [6.07, 6.45) is 6.68. The Kier molecular flexibility index (Phi) is 8.45. The van der Waals surface area contributed by atoms with Gasteiger partial charge in [0.2, 0.25) is 10.0 Å². The zero-order valence-corrected chi connectivity index (χ0v) is 23.3. The number of carbonyl (C=O) groups excluding carboxylic acids is 1. The van der Waals surface area contributed by atoms with Gasteiger partial charge >= 0.3 is 0 Å². The molecule has 0 radical (unpaired) electrons. The normalized spacial score (nSPS) is 18.9. The number of piperidine rings is 1. The highest BCUT2D eigenvalue weighted by Gasteiger charge is 2.28. The van der Waals surface area contributed by atoms with E-state index in [0.29, 0.717) is 49.0 Å². The molecule has 1 N–H and O–H groups in total. The van der Waals surface area contributed by atoms with Gasteiger partial charge in [0.05, 0.1) is 16.7 Å². The molecule has 9 nitrogen and oxygen atoms in total. The Hall–Kier alpha value is -3.78. The van der Waals surface area contributed by atoms with Gasteiger partial charge in [-0.3, -0.25) is 4.79 Å². The number of nitrogens with one attached hydrogen (secondary N) is 1. The molecule has 40 heavy (non-hydrogen) atoms. The van der Waals surface area contributed by atoms with Crippen molar-refractivity contribution in [3.8, 4) is 23.0 Å². The van der Waals surface area contributed by atoms with E-state index in [4.69, 9.17) is 9.84 Å². The highest BCUT2D eigenvalue weighted by Crippen LogP contribution is 2.30. The maximum atomic E-state index is 13.5. The Morgan fingerprint density at radius 1 is 1.15 bits per heavy atom. The zero-order valence-electron chi connectivity index (χ0n) is 22.5. The molecule has 3 aromatic rings. The second-order valence-electron chi connectivity index (χ2n) is 10.3. The van der Waals surface area contributed by atoms with E-state index in [1.807, 2.05) is 36.4 Å². The number of rotatable bonds is 8. The molecule has 2 aromatic carbocycles. The Balaban J connectivity index is 1.50. The quantitative estimate of drug-likeness (QED) is 0.327. The maximum absolute atomic E-state index is 13.5. The average Bonchev–Trinajstić information content (AvgIpc) is 3.66. The molecule has 1 aromatic heterocycles. The van der Waals surface area contributed by atoms with Crippen molar-refractivity contribution in [2.24, 2.45) is 5.92 Å². The van der Waals surface area contributed by atoms with E-state index in [9.17, 15) is 18.5 Å². The van der Waals surface area contributed by atoms with Crippen molar-refractivity contribution in [3.05, 3.63) is 71.9 Å². The molecule has 2 saturated heterocycles. The molecule has 2 aliphatic rings. The van der Waals surface area contributed by atoms with Gasteiger partial charge in [0.25, 0.3) is 5.91 Å². The maximum Gasteiger partial charge on any atom is 0.262 e. The summed E-state index contributed by atoms with van der Waals surface area (Å²) in [4.78, 5) is 13.1. The van der Waals surface area contributed by atoms with Gasteiger partial charge in [-0.25, -0.2) is 13.1 Å². The van der Waals surface area contributed by atoms with Crippen LogP contribution in [0.1, 0.15) is 38.2 Å². The van der Waals surface area contributed by atoms with Crippen molar-refractivity contribution in [2.45, 2.75) is 43.6 Å². The number of nitrogens with zero attached hydrogens (tertiary/aromatic N) is 4. The van der Waals surface area contributed by atoms with Crippen LogP contribution in [0.5, 0.6) is 0 Å². The molecule has 0 spiro atoms. The van der Waals surface area contributed by atoms with Crippen LogP contribution in [0.2, 0.25) is 0 Å². The predicted molar refractivity (Wildman–Crippen MR) is 152 cm³/mol. The van der Waals surface area contributed by atoms with Crippen LogP contribution < -0.4 is 5.32 Å². The van der Waals surface area contributed by atoms with Gasteiger partial charge in [-0.2, -0.15) is 14.7 Å². The number of ether oxygens (including phenoxy) is 1. The zero-order chi connectivity index (χ0) is 28.1. The number of carbonyl (C=O) groups is 1. The summed E-state index contributed by atoms with van der Waals surface area (Å²) in [7, 11) is -3.68. The van der Waals surface area contributed by atoms with Crippen molar-refractivity contribution in [2.75, 3.05) is 26.2 Å². The van der Waals surface area contributed by atoms with E-state index < -0.39 is 15.9 Å². The van der Waals surface area contributed by atoms with Crippen molar-refractivity contribution < 1.29 is 17.9 Å². The minimum atomic E-state index is -3.68. The van der Waals surface area contributed by atoms with Gasteiger partial charge in [0.1, 0.15) is 17.3 Å². The van der Waals surface area contributed by atoms with Crippen molar-refractivity contribution in [3.63, 3.8) is 0 Å². The Bertz CT molecular complexity index is 1530. The molecule has 5 rings (SSSR count). The monoisotopic (exact) mass is 559 g/mol. The summed E-state index contributed by atoms with van der Waals surface area (Å²) in [5.74, 6) is 0.0124. The number of hydrogen-bond donors (Lipinski definition) is 1. The third-order valence-electron chi connectivity index (χ3n) is 7.43.